The number of hydrogen-bond acceptors (Lipinski definition) is 3. The zero-order chi connectivity index (χ0) is 15.3. The van der Waals surface area contributed by atoms with Gasteiger partial charge in [-0.2, -0.15) is 0 Å². The molecule has 2 rings (SSSR count). The molecule has 1 unspecified atom stereocenters. The molecule has 1 aromatic carbocycles. The van der Waals surface area contributed by atoms with Gasteiger partial charge in [0.2, 0.25) is 0 Å². The number of piperidine rings is 1. The fraction of sp³-hybridized carbons (Fsp3) is 0.600. The van der Waals surface area contributed by atoms with Crippen LogP contribution in [0.5, 0.6) is 5.75 Å². The Morgan fingerprint density at radius 3 is 3.00 bits per heavy atom. The number of nitrogens with one attached hydrogen (secondary N) is 2. The molecule has 6 heteroatoms. The standard InChI is InChI=1S/C15H21ClF2N2O/c1-2-21-14-4-3-13(16)7-11(14)8-20-9-12-5-6-19-10-15(12,17)18/h3-4,7,12,19-20H,2,5-6,8-10H2,1H3. The Morgan fingerprint density at radius 1 is 1.48 bits per heavy atom. The molecule has 118 valence electrons. The van der Waals surface area contributed by atoms with Gasteiger partial charge in [-0.1, -0.05) is 11.6 Å². The molecule has 0 bridgehead atoms. The summed E-state index contributed by atoms with van der Waals surface area (Å²) >= 11 is 5.98. The van der Waals surface area contributed by atoms with Crippen molar-refractivity contribution in [1.82, 2.24) is 10.6 Å². The maximum Gasteiger partial charge on any atom is 0.264 e. The van der Waals surface area contributed by atoms with Crippen molar-refractivity contribution in [3.05, 3.63) is 28.8 Å². The minimum absolute atomic E-state index is 0.235. The fourth-order valence-corrected chi connectivity index (χ4v) is 2.70. The van der Waals surface area contributed by atoms with Crippen LogP contribution in [-0.2, 0) is 6.54 Å². The van der Waals surface area contributed by atoms with Gasteiger partial charge in [-0.05, 0) is 38.1 Å². The van der Waals surface area contributed by atoms with Crippen molar-refractivity contribution >= 4 is 11.6 Å². The van der Waals surface area contributed by atoms with Crippen LogP contribution >= 0.6 is 11.6 Å². The van der Waals surface area contributed by atoms with E-state index in [4.69, 9.17) is 16.3 Å². The average Bonchev–Trinajstić information content (AvgIpc) is 2.43. The normalized spacial score (nSPS) is 21.2. The largest absolute Gasteiger partial charge is 0.494 e. The first-order valence-electron chi connectivity index (χ1n) is 7.23. The van der Waals surface area contributed by atoms with Crippen molar-refractivity contribution in [3.8, 4) is 5.75 Å². The molecular weight excluding hydrogens is 298 g/mol. The van der Waals surface area contributed by atoms with Gasteiger partial charge in [0, 0.05) is 29.6 Å². The topological polar surface area (TPSA) is 33.3 Å². The van der Waals surface area contributed by atoms with Gasteiger partial charge in [-0.25, -0.2) is 8.78 Å². The van der Waals surface area contributed by atoms with Gasteiger partial charge in [-0.15, -0.1) is 0 Å². The third-order valence-corrected chi connectivity index (χ3v) is 3.89. The number of benzene rings is 1. The summed E-state index contributed by atoms with van der Waals surface area (Å²) in [6.07, 6.45) is 0.480. The van der Waals surface area contributed by atoms with E-state index in [2.05, 4.69) is 10.6 Å². The van der Waals surface area contributed by atoms with E-state index >= 15 is 0 Å². The predicted molar refractivity (Wildman–Crippen MR) is 80.3 cm³/mol. The van der Waals surface area contributed by atoms with Crippen LogP contribution in [0, 0.1) is 5.92 Å². The highest BCUT2D eigenvalue weighted by Gasteiger charge is 2.40. The monoisotopic (exact) mass is 318 g/mol. The summed E-state index contributed by atoms with van der Waals surface area (Å²) in [6, 6.07) is 5.37. The molecule has 1 fully saturated rings. The Morgan fingerprint density at radius 2 is 2.29 bits per heavy atom. The number of alkyl halides is 2. The molecule has 1 saturated heterocycles. The van der Waals surface area contributed by atoms with Gasteiger partial charge in [0.1, 0.15) is 5.75 Å². The maximum absolute atomic E-state index is 13.7. The van der Waals surface area contributed by atoms with E-state index in [1.165, 1.54) is 0 Å². The van der Waals surface area contributed by atoms with Crippen molar-refractivity contribution in [3.63, 3.8) is 0 Å². The lowest BCUT2D eigenvalue weighted by molar-refractivity contribution is -0.0721. The number of ether oxygens (including phenoxy) is 1. The first-order valence-corrected chi connectivity index (χ1v) is 7.61. The van der Waals surface area contributed by atoms with Crippen LogP contribution in [0.2, 0.25) is 5.02 Å². The molecule has 1 aromatic rings. The van der Waals surface area contributed by atoms with Gasteiger partial charge >= 0.3 is 0 Å². The Bertz CT molecular complexity index is 471. The SMILES string of the molecule is CCOc1ccc(Cl)cc1CNCC1CCNCC1(F)F. The Balaban J connectivity index is 1.92. The summed E-state index contributed by atoms with van der Waals surface area (Å²) in [7, 11) is 0. The molecule has 21 heavy (non-hydrogen) atoms. The second-order valence-corrected chi connectivity index (χ2v) is 5.68. The van der Waals surface area contributed by atoms with Gasteiger partial charge in [0.25, 0.3) is 5.92 Å². The summed E-state index contributed by atoms with van der Waals surface area (Å²) in [4.78, 5) is 0. The van der Waals surface area contributed by atoms with Crippen LogP contribution in [0.3, 0.4) is 0 Å². The van der Waals surface area contributed by atoms with Gasteiger partial charge < -0.3 is 15.4 Å². The second-order valence-electron chi connectivity index (χ2n) is 5.24. The molecule has 0 amide bonds. The molecule has 1 aliphatic heterocycles. The highest BCUT2D eigenvalue weighted by atomic mass is 35.5. The minimum Gasteiger partial charge on any atom is -0.494 e. The first kappa shape index (κ1) is 16.5. The highest BCUT2D eigenvalue weighted by Crippen LogP contribution is 2.29. The third-order valence-electron chi connectivity index (χ3n) is 3.66. The Labute approximate surface area is 129 Å². The van der Waals surface area contributed by atoms with Crippen molar-refractivity contribution in [2.24, 2.45) is 5.92 Å². The molecule has 1 atom stereocenters. The van der Waals surface area contributed by atoms with Crippen LogP contribution in [0.15, 0.2) is 18.2 Å². The van der Waals surface area contributed by atoms with Gasteiger partial charge in [0.15, 0.2) is 0 Å². The molecule has 0 aromatic heterocycles. The smallest absolute Gasteiger partial charge is 0.264 e. The van der Waals surface area contributed by atoms with Crippen LogP contribution in [0.4, 0.5) is 8.78 Å². The lowest BCUT2D eigenvalue weighted by Crippen LogP contribution is -2.49. The average molecular weight is 319 g/mol. The van der Waals surface area contributed by atoms with Crippen molar-refractivity contribution in [2.45, 2.75) is 25.8 Å². The summed E-state index contributed by atoms with van der Waals surface area (Å²) in [5.74, 6) is -2.54. The van der Waals surface area contributed by atoms with E-state index in [0.717, 1.165) is 11.3 Å². The van der Waals surface area contributed by atoms with Crippen LogP contribution < -0.4 is 15.4 Å². The quantitative estimate of drug-likeness (QED) is 0.845. The molecule has 0 radical (unpaired) electrons. The van der Waals surface area contributed by atoms with Crippen molar-refractivity contribution in [1.29, 1.82) is 0 Å². The molecule has 1 heterocycles. The zero-order valence-electron chi connectivity index (χ0n) is 12.1. The summed E-state index contributed by atoms with van der Waals surface area (Å²) in [5.41, 5.74) is 0.890. The summed E-state index contributed by atoms with van der Waals surface area (Å²) in [6.45, 7) is 3.62. The van der Waals surface area contributed by atoms with Crippen molar-refractivity contribution in [2.75, 3.05) is 26.2 Å². The molecule has 1 aliphatic rings. The number of rotatable bonds is 6. The first-order chi connectivity index (χ1) is 10.0. The summed E-state index contributed by atoms with van der Waals surface area (Å²) in [5, 5.41) is 6.45. The van der Waals surface area contributed by atoms with E-state index in [1.54, 1.807) is 12.1 Å². The Kier molecular flexibility index (Phi) is 5.79. The molecule has 0 spiro atoms. The van der Waals surface area contributed by atoms with E-state index in [9.17, 15) is 8.78 Å². The molecule has 0 saturated carbocycles. The third kappa shape index (κ3) is 4.53. The van der Waals surface area contributed by atoms with E-state index < -0.39 is 11.8 Å². The number of halogens is 3. The van der Waals surface area contributed by atoms with Gasteiger partial charge in [-0.3, -0.25) is 0 Å². The Hall–Kier alpha value is -0.910. The van der Waals surface area contributed by atoms with Crippen molar-refractivity contribution < 1.29 is 13.5 Å². The lowest BCUT2D eigenvalue weighted by Gasteiger charge is -2.32. The number of hydrogen-bond donors (Lipinski definition) is 2. The molecule has 2 N–H and O–H groups in total. The summed E-state index contributed by atoms with van der Waals surface area (Å²) < 4.78 is 32.9. The highest BCUT2D eigenvalue weighted by molar-refractivity contribution is 6.30. The van der Waals surface area contributed by atoms with Gasteiger partial charge in [0.05, 0.1) is 13.2 Å². The minimum atomic E-state index is -2.65. The second kappa shape index (κ2) is 7.38. The van der Waals surface area contributed by atoms with E-state index in [-0.39, 0.29) is 13.1 Å². The lowest BCUT2D eigenvalue weighted by atomic mass is 9.94. The van der Waals surface area contributed by atoms with Crippen LogP contribution in [0.25, 0.3) is 0 Å². The fourth-order valence-electron chi connectivity index (χ4n) is 2.50. The zero-order valence-corrected chi connectivity index (χ0v) is 12.9. The maximum atomic E-state index is 13.7. The molecule has 0 aliphatic carbocycles. The van der Waals surface area contributed by atoms with Crippen LogP contribution in [0.1, 0.15) is 18.9 Å². The van der Waals surface area contributed by atoms with Crippen LogP contribution in [-0.4, -0.2) is 32.2 Å². The van der Waals surface area contributed by atoms with E-state index in [1.807, 2.05) is 13.0 Å². The molecular formula is C15H21ClF2N2O. The predicted octanol–water partition coefficient (Wildman–Crippen LogP) is 3.07. The molecule has 3 nitrogen and oxygen atoms in total. The van der Waals surface area contributed by atoms with E-state index in [0.29, 0.717) is 31.1 Å².